The molecule has 0 atom stereocenters. The number of hydrogen-bond donors (Lipinski definition) is 1. The van der Waals surface area contributed by atoms with Crippen LogP contribution in [0.1, 0.15) is 31.8 Å². The topological polar surface area (TPSA) is 46.2 Å². The fourth-order valence-corrected chi connectivity index (χ4v) is 2.99. The summed E-state index contributed by atoms with van der Waals surface area (Å²) in [6, 6.07) is 18.3. The van der Waals surface area contributed by atoms with Gasteiger partial charge >= 0.3 is 0 Å². The van der Waals surface area contributed by atoms with Crippen LogP contribution in [0.2, 0.25) is 5.02 Å². The van der Waals surface area contributed by atoms with Crippen molar-refractivity contribution in [1.82, 2.24) is 0 Å². The van der Waals surface area contributed by atoms with E-state index in [0.717, 1.165) is 28.5 Å². The predicted octanol–water partition coefficient (Wildman–Crippen LogP) is 5.69. The molecule has 0 heterocycles. The van der Waals surface area contributed by atoms with Crippen LogP contribution in [-0.4, -0.2) is 12.2 Å². The molecule has 0 aromatic heterocycles. The maximum Gasteiger partial charge on any atom is 0.255 e. The number of carbonyl (C=O) groups excluding carboxylic acids is 2. The second-order valence-corrected chi connectivity index (χ2v) is 6.57. The van der Waals surface area contributed by atoms with Crippen LogP contribution >= 0.6 is 11.6 Å². The standard InChI is InChI=1S/C22H18ClNO2/c1-14-5-3-8-20(15(14)2)22(26)24-21-12-17(9-10-18(21)13-25)16-6-4-7-19(23)11-16/h3-13H,1-2H3,(H,24,26). The lowest BCUT2D eigenvalue weighted by atomic mass is 10.0. The highest BCUT2D eigenvalue weighted by Gasteiger charge is 2.13. The Balaban J connectivity index is 1.98. The number of hydrogen-bond acceptors (Lipinski definition) is 2. The van der Waals surface area contributed by atoms with E-state index >= 15 is 0 Å². The van der Waals surface area contributed by atoms with Crippen molar-refractivity contribution in [3.8, 4) is 11.1 Å². The first-order chi connectivity index (χ1) is 12.5. The van der Waals surface area contributed by atoms with Gasteiger partial charge in [-0.1, -0.05) is 41.9 Å². The average molecular weight is 364 g/mol. The van der Waals surface area contributed by atoms with Gasteiger partial charge in [0.15, 0.2) is 6.29 Å². The lowest BCUT2D eigenvalue weighted by Gasteiger charge is -2.12. The minimum atomic E-state index is -0.238. The van der Waals surface area contributed by atoms with Gasteiger partial charge in [-0.25, -0.2) is 0 Å². The van der Waals surface area contributed by atoms with Crippen molar-refractivity contribution < 1.29 is 9.59 Å². The van der Waals surface area contributed by atoms with Gasteiger partial charge in [-0.05, 0) is 66.4 Å². The molecule has 0 saturated carbocycles. The highest BCUT2D eigenvalue weighted by Crippen LogP contribution is 2.27. The molecule has 26 heavy (non-hydrogen) atoms. The molecule has 1 N–H and O–H groups in total. The monoisotopic (exact) mass is 363 g/mol. The van der Waals surface area contributed by atoms with Crippen molar-refractivity contribution in [3.05, 3.63) is 87.9 Å². The van der Waals surface area contributed by atoms with Crippen molar-refractivity contribution in [1.29, 1.82) is 0 Å². The Bertz CT molecular complexity index is 995. The van der Waals surface area contributed by atoms with Crippen molar-refractivity contribution >= 4 is 29.5 Å². The molecule has 0 spiro atoms. The normalized spacial score (nSPS) is 10.4. The summed E-state index contributed by atoms with van der Waals surface area (Å²) in [6.45, 7) is 3.87. The van der Waals surface area contributed by atoms with Crippen LogP contribution in [0, 0.1) is 13.8 Å². The molecular formula is C22H18ClNO2. The number of carbonyl (C=O) groups is 2. The van der Waals surface area contributed by atoms with Crippen molar-refractivity contribution in [2.45, 2.75) is 13.8 Å². The van der Waals surface area contributed by atoms with Crippen LogP contribution in [-0.2, 0) is 0 Å². The molecule has 0 aliphatic carbocycles. The van der Waals surface area contributed by atoms with E-state index in [-0.39, 0.29) is 5.91 Å². The third-order valence-corrected chi connectivity index (χ3v) is 4.67. The van der Waals surface area contributed by atoms with Gasteiger partial charge in [-0.3, -0.25) is 9.59 Å². The van der Waals surface area contributed by atoms with Crippen molar-refractivity contribution in [3.63, 3.8) is 0 Å². The summed E-state index contributed by atoms with van der Waals surface area (Å²) in [5.41, 5.74) is 5.24. The number of amides is 1. The first kappa shape index (κ1) is 17.9. The van der Waals surface area contributed by atoms with Crippen LogP contribution in [0.25, 0.3) is 11.1 Å². The Morgan fingerprint density at radius 3 is 2.42 bits per heavy atom. The molecule has 0 fully saturated rings. The molecule has 3 aromatic carbocycles. The molecule has 3 nitrogen and oxygen atoms in total. The van der Waals surface area contributed by atoms with Crippen molar-refractivity contribution in [2.24, 2.45) is 0 Å². The maximum absolute atomic E-state index is 12.7. The fraction of sp³-hybridized carbons (Fsp3) is 0.0909. The summed E-state index contributed by atoms with van der Waals surface area (Å²) in [4.78, 5) is 24.1. The van der Waals surface area contributed by atoms with E-state index in [9.17, 15) is 9.59 Å². The second-order valence-electron chi connectivity index (χ2n) is 6.13. The molecule has 0 radical (unpaired) electrons. The van der Waals surface area contributed by atoms with Gasteiger partial charge in [0, 0.05) is 16.1 Å². The molecular weight excluding hydrogens is 346 g/mol. The lowest BCUT2D eigenvalue weighted by Crippen LogP contribution is -2.15. The molecule has 0 unspecified atom stereocenters. The Kier molecular flexibility index (Phi) is 5.19. The van der Waals surface area contributed by atoms with E-state index in [1.54, 1.807) is 24.3 Å². The third kappa shape index (κ3) is 3.68. The van der Waals surface area contributed by atoms with Gasteiger partial charge in [0.2, 0.25) is 0 Å². The highest BCUT2D eigenvalue weighted by atomic mass is 35.5. The van der Waals surface area contributed by atoms with Crippen LogP contribution in [0.4, 0.5) is 5.69 Å². The average Bonchev–Trinajstić information content (AvgIpc) is 2.64. The lowest BCUT2D eigenvalue weighted by molar-refractivity contribution is 0.102. The zero-order valence-corrected chi connectivity index (χ0v) is 15.3. The van der Waals surface area contributed by atoms with Gasteiger partial charge < -0.3 is 5.32 Å². The molecule has 3 aromatic rings. The van der Waals surface area contributed by atoms with E-state index < -0.39 is 0 Å². The molecule has 4 heteroatoms. The van der Waals surface area contributed by atoms with Gasteiger partial charge in [-0.15, -0.1) is 0 Å². The summed E-state index contributed by atoms with van der Waals surface area (Å²) in [5.74, 6) is -0.238. The Labute approximate surface area is 157 Å². The number of anilines is 1. The van der Waals surface area contributed by atoms with Gasteiger partial charge in [0.1, 0.15) is 0 Å². The minimum absolute atomic E-state index is 0.238. The third-order valence-electron chi connectivity index (χ3n) is 4.44. The van der Waals surface area contributed by atoms with Crippen molar-refractivity contribution in [2.75, 3.05) is 5.32 Å². The summed E-state index contributed by atoms with van der Waals surface area (Å²) in [7, 11) is 0. The molecule has 3 rings (SSSR count). The Morgan fingerprint density at radius 1 is 0.962 bits per heavy atom. The Morgan fingerprint density at radius 2 is 1.69 bits per heavy atom. The van der Waals surface area contributed by atoms with Gasteiger partial charge in [0.25, 0.3) is 5.91 Å². The molecule has 0 aliphatic rings. The van der Waals surface area contributed by atoms with E-state index in [4.69, 9.17) is 11.6 Å². The quantitative estimate of drug-likeness (QED) is 0.605. The zero-order valence-electron chi connectivity index (χ0n) is 14.5. The molecule has 130 valence electrons. The number of benzene rings is 3. The largest absolute Gasteiger partial charge is 0.321 e. The maximum atomic E-state index is 12.7. The first-order valence-electron chi connectivity index (χ1n) is 8.22. The number of halogens is 1. The smallest absolute Gasteiger partial charge is 0.255 e. The number of aldehydes is 1. The summed E-state index contributed by atoms with van der Waals surface area (Å²) >= 11 is 6.06. The van der Waals surface area contributed by atoms with E-state index in [0.29, 0.717) is 21.8 Å². The highest BCUT2D eigenvalue weighted by molar-refractivity contribution is 6.30. The van der Waals surface area contributed by atoms with Gasteiger partial charge in [-0.2, -0.15) is 0 Å². The number of rotatable bonds is 4. The number of aryl methyl sites for hydroxylation is 1. The SMILES string of the molecule is Cc1cccc(C(=O)Nc2cc(-c3cccc(Cl)c3)ccc2C=O)c1C. The van der Waals surface area contributed by atoms with E-state index in [2.05, 4.69) is 5.32 Å². The van der Waals surface area contributed by atoms with Gasteiger partial charge in [0.05, 0.1) is 5.69 Å². The van der Waals surface area contributed by atoms with Crippen LogP contribution < -0.4 is 5.32 Å². The van der Waals surface area contributed by atoms with E-state index in [1.807, 2.05) is 50.2 Å². The number of nitrogens with one attached hydrogen (secondary N) is 1. The van der Waals surface area contributed by atoms with Crippen LogP contribution in [0.3, 0.4) is 0 Å². The molecule has 0 bridgehead atoms. The fourth-order valence-electron chi connectivity index (χ4n) is 2.80. The summed E-state index contributed by atoms with van der Waals surface area (Å²) in [5, 5.41) is 3.50. The summed E-state index contributed by atoms with van der Waals surface area (Å²) < 4.78 is 0. The Hall–Kier alpha value is -2.91. The second kappa shape index (κ2) is 7.54. The van der Waals surface area contributed by atoms with Crippen LogP contribution in [0.15, 0.2) is 60.7 Å². The molecule has 0 aliphatic heterocycles. The zero-order chi connectivity index (χ0) is 18.7. The minimum Gasteiger partial charge on any atom is -0.321 e. The molecule has 0 saturated heterocycles. The summed E-state index contributed by atoms with van der Waals surface area (Å²) in [6.07, 6.45) is 0.737. The van der Waals surface area contributed by atoms with Crippen LogP contribution in [0.5, 0.6) is 0 Å². The van der Waals surface area contributed by atoms with E-state index in [1.165, 1.54) is 0 Å². The predicted molar refractivity (Wildman–Crippen MR) is 106 cm³/mol. The first-order valence-corrected chi connectivity index (χ1v) is 8.60. The molecule has 1 amide bonds.